The van der Waals surface area contributed by atoms with Gasteiger partial charge in [-0.3, -0.25) is 4.21 Å². The molecule has 1 aliphatic rings. The van der Waals surface area contributed by atoms with Crippen molar-refractivity contribution in [2.24, 2.45) is 0 Å². The summed E-state index contributed by atoms with van der Waals surface area (Å²) < 4.78 is 11.1. The van der Waals surface area contributed by atoms with Gasteiger partial charge in [0.2, 0.25) is 0 Å². The van der Waals surface area contributed by atoms with Crippen LogP contribution in [0.15, 0.2) is 0 Å². The van der Waals surface area contributed by atoms with Crippen LogP contribution < -0.4 is 0 Å². The van der Waals surface area contributed by atoms with E-state index in [1.807, 2.05) is 0 Å². The van der Waals surface area contributed by atoms with Gasteiger partial charge in [-0.15, -0.1) is 9.93 Å². The molecule has 2 heteroatoms. The molecule has 1 saturated heterocycles. The van der Waals surface area contributed by atoms with Gasteiger partial charge in [0.05, 0.1) is 0 Å². The van der Waals surface area contributed by atoms with Gasteiger partial charge in [0.15, 0.2) is 0 Å². The molecule has 0 atom stereocenters. The predicted octanol–water partition coefficient (Wildman–Crippen LogP) is 0.979. The monoisotopic (exact) mass is 133 g/mol. The van der Waals surface area contributed by atoms with Crippen LogP contribution in [-0.4, -0.2) is 15.7 Å². The van der Waals surface area contributed by atoms with Crippen LogP contribution >= 0.6 is 0 Å². The maximum absolute atomic E-state index is 11.1. The minimum absolute atomic E-state index is 0.896. The lowest BCUT2D eigenvalue weighted by molar-refractivity contribution is 0.649. The summed E-state index contributed by atoms with van der Waals surface area (Å²) in [5, 5.41) is 0. The van der Waals surface area contributed by atoms with Crippen LogP contribution in [0.3, 0.4) is 0 Å². The molecule has 1 aliphatic heterocycles. The van der Waals surface area contributed by atoms with E-state index in [1.54, 1.807) is 0 Å². The van der Waals surface area contributed by atoms with Crippen molar-refractivity contribution in [1.29, 1.82) is 0 Å². The van der Waals surface area contributed by atoms with Gasteiger partial charge in [0.1, 0.15) is 0 Å². The summed E-state index contributed by atoms with van der Waals surface area (Å²) in [6.45, 7) is 0. The molecule has 1 nitrogen and oxygen atoms in total. The van der Waals surface area contributed by atoms with E-state index in [9.17, 15) is 4.21 Å². The Bertz CT molecular complexity index is 110. The first-order valence-electron chi connectivity index (χ1n) is 3.13. The zero-order valence-electron chi connectivity index (χ0n) is 5.10. The molecule has 0 spiro atoms. The van der Waals surface area contributed by atoms with Crippen LogP contribution in [0.25, 0.3) is 0 Å². The smallest absolute Gasteiger partial charge is 0.0110 e. The second-order valence-corrected chi connectivity index (χ2v) is 5.58. The van der Waals surface area contributed by atoms with E-state index < -0.39 is 9.93 Å². The van der Waals surface area contributed by atoms with Gasteiger partial charge in [0.25, 0.3) is 0 Å². The van der Waals surface area contributed by atoms with Gasteiger partial charge in [0, 0.05) is 17.8 Å². The molecule has 0 aromatic rings. The maximum atomic E-state index is 11.1. The van der Waals surface area contributed by atoms with Crippen molar-refractivity contribution in [3.05, 3.63) is 6.26 Å². The van der Waals surface area contributed by atoms with Crippen LogP contribution in [0.4, 0.5) is 0 Å². The summed E-state index contributed by atoms with van der Waals surface area (Å²) in [5.74, 6) is 1.79. The van der Waals surface area contributed by atoms with Crippen LogP contribution in [0.5, 0.6) is 0 Å². The molecule has 0 saturated carbocycles. The summed E-state index contributed by atoms with van der Waals surface area (Å²) >= 11 is 0. The Morgan fingerprint density at radius 1 is 1.12 bits per heavy atom. The minimum atomic E-state index is -1.84. The lowest BCUT2D eigenvalue weighted by Crippen LogP contribution is -2.20. The summed E-state index contributed by atoms with van der Waals surface area (Å²) in [7, 11) is -1.84. The number of thiol groups is 1. The molecular formula is C6H13OS. The quantitative estimate of drug-likeness (QED) is 0.487. The van der Waals surface area contributed by atoms with E-state index in [-0.39, 0.29) is 0 Å². The fourth-order valence-corrected chi connectivity index (χ4v) is 2.91. The Morgan fingerprint density at radius 3 is 1.88 bits per heavy atom. The zero-order valence-corrected chi connectivity index (χ0v) is 5.99. The van der Waals surface area contributed by atoms with Gasteiger partial charge in [-0.2, -0.15) is 0 Å². The summed E-state index contributed by atoms with van der Waals surface area (Å²) in [5.41, 5.74) is 0. The Hall–Kier alpha value is 0.150. The highest BCUT2D eigenvalue weighted by Crippen LogP contribution is 2.15. The number of hydrogen-bond acceptors (Lipinski definition) is 1. The highest BCUT2D eigenvalue weighted by molar-refractivity contribution is 8.04. The molecule has 0 aromatic heterocycles. The Labute approximate surface area is 51.9 Å². The van der Waals surface area contributed by atoms with Gasteiger partial charge in [-0.1, -0.05) is 6.42 Å². The number of hydrogen-bond donors (Lipinski definition) is 1. The van der Waals surface area contributed by atoms with Crippen molar-refractivity contribution in [3.63, 3.8) is 0 Å². The first kappa shape index (κ1) is 6.27. The van der Waals surface area contributed by atoms with E-state index in [0.717, 1.165) is 24.3 Å². The van der Waals surface area contributed by atoms with Crippen molar-refractivity contribution in [2.45, 2.75) is 19.3 Å². The number of rotatable bonds is 0. The molecule has 0 bridgehead atoms. The van der Waals surface area contributed by atoms with E-state index in [2.05, 4.69) is 6.26 Å². The minimum Gasteiger partial charge on any atom is -0.285 e. The fraction of sp³-hybridized carbons (Fsp3) is 0.833. The zero-order chi connectivity index (χ0) is 6.04. The van der Waals surface area contributed by atoms with E-state index in [1.165, 1.54) is 6.42 Å². The highest BCUT2D eigenvalue weighted by Gasteiger charge is 2.12. The van der Waals surface area contributed by atoms with Gasteiger partial charge >= 0.3 is 0 Å². The molecule has 1 heterocycles. The molecule has 1 rings (SSSR count). The highest BCUT2D eigenvalue weighted by atomic mass is 32.2. The average molecular weight is 133 g/mol. The molecule has 0 aliphatic carbocycles. The third kappa shape index (κ3) is 1.58. The van der Waals surface area contributed by atoms with Crippen molar-refractivity contribution in [1.82, 2.24) is 0 Å². The molecular weight excluding hydrogens is 120 g/mol. The Morgan fingerprint density at radius 2 is 1.62 bits per heavy atom. The largest absolute Gasteiger partial charge is 0.285 e. The summed E-state index contributed by atoms with van der Waals surface area (Å²) in [4.78, 5) is 0. The molecule has 1 fully saturated rings. The van der Waals surface area contributed by atoms with Crippen molar-refractivity contribution < 1.29 is 4.21 Å². The maximum Gasteiger partial charge on any atom is 0.0110 e. The lowest BCUT2D eigenvalue weighted by atomic mass is 10.3. The van der Waals surface area contributed by atoms with Crippen LogP contribution in [-0.2, 0) is 9.93 Å². The molecule has 49 valence electrons. The molecule has 0 N–H and O–H groups in total. The topological polar surface area (TPSA) is 17.1 Å². The third-order valence-electron chi connectivity index (χ3n) is 1.63. The summed E-state index contributed by atoms with van der Waals surface area (Å²) in [6.07, 6.45) is 7.23. The van der Waals surface area contributed by atoms with E-state index in [0.29, 0.717) is 0 Å². The van der Waals surface area contributed by atoms with E-state index >= 15 is 0 Å². The third-order valence-corrected chi connectivity index (χ3v) is 3.89. The SMILES string of the molecule is [CH2][SH]1(=O)CCCCC1. The molecule has 1 radical (unpaired) electrons. The second kappa shape index (κ2) is 2.18. The lowest BCUT2D eigenvalue weighted by Gasteiger charge is -2.22. The Kier molecular flexibility index (Phi) is 1.71. The molecule has 0 unspecified atom stereocenters. The molecule has 0 amide bonds. The van der Waals surface area contributed by atoms with Gasteiger partial charge in [-0.25, -0.2) is 0 Å². The standard InChI is InChI=1S/C6H13OS/c1-8(7)5-3-2-4-6-8/h8H,1-6H2. The normalized spacial score (nSPS) is 31.6. The second-order valence-electron chi connectivity index (χ2n) is 2.57. The average Bonchev–Trinajstić information content (AvgIpc) is 1.65. The van der Waals surface area contributed by atoms with Crippen LogP contribution in [0, 0.1) is 6.26 Å². The van der Waals surface area contributed by atoms with Crippen LogP contribution in [0.1, 0.15) is 19.3 Å². The van der Waals surface area contributed by atoms with Crippen molar-refractivity contribution >= 4 is 9.93 Å². The van der Waals surface area contributed by atoms with E-state index in [4.69, 9.17) is 0 Å². The Balaban J connectivity index is 2.45. The predicted molar refractivity (Wildman–Crippen MR) is 38.5 cm³/mol. The first-order valence-corrected chi connectivity index (χ1v) is 5.39. The van der Waals surface area contributed by atoms with Crippen molar-refractivity contribution in [2.75, 3.05) is 11.5 Å². The van der Waals surface area contributed by atoms with Gasteiger partial charge in [-0.05, 0) is 12.8 Å². The molecule has 0 aromatic carbocycles. The van der Waals surface area contributed by atoms with Gasteiger partial charge < -0.3 is 0 Å². The fourth-order valence-electron chi connectivity index (χ4n) is 1.09. The molecule has 8 heavy (non-hydrogen) atoms. The van der Waals surface area contributed by atoms with Crippen molar-refractivity contribution in [3.8, 4) is 0 Å². The first-order chi connectivity index (χ1) is 3.71. The van der Waals surface area contributed by atoms with Crippen LogP contribution in [0.2, 0.25) is 0 Å². The summed E-state index contributed by atoms with van der Waals surface area (Å²) in [6, 6.07) is 0.